The number of ether oxygens (including phenoxy) is 1. The molecule has 2 N–H and O–H groups in total. The second-order valence-electron chi connectivity index (χ2n) is 3.88. The molecule has 0 radical (unpaired) electrons. The molecular weight excluding hydrogens is 200 g/mol. The van der Waals surface area contributed by atoms with Gasteiger partial charge in [0.25, 0.3) is 0 Å². The van der Waals surface area contributed by atoms with Gasteiger partial charge in [-0.25, -0.2) is 0 Å². The zero-order chi connectivity index (χ0) is 12.0. The van der Waals surface area contributed by atoms with Crippen molar-refractivity contribution in [2.45, 2.75) is 19.9 Å². The summed E-state index contributed by atoms with van der Waals surface area (Å²) in [6.07, 6.45) is 0. The minimum atomic E-state index is 0.351. The van der Waals surface area contributed by atoms with Gasteiger partial charge >= 0.3 is 0 Å². The van der Waals surface area contributed by atoms with Crippen LogP contribution in [-0.4, -0.2) is 27.2 Å². The predicted octanol–water partition coefficient (Wildman–Crippen LogP) is 1.87. The summed E-state index contributed by atoms with van der Waals surface area (Å²) in [6.45, 7) is 6.13. The molecule has 0 aliphatic carbocycles. The zero-order valence-corrected chi connectivity index (χ0v) is 10.6. The molecule has 0 aliphatic heterocycles. The lowest BCUT2D eigenvalue weighted by molar-refractivity contribution is 0.411. The third-order valence-corrected chi connectivity index (χ3v) is 2.77. The van der Waals surface area contributed by atoms with Gasteiger partial charge in [0.15, 0.2) is 0 Å². The molecule has 0 amide bonds. The number of methoxy groups -OCH3 is 1. The smallest absolute Gasteiger partial charge is 0.121 e. The standard InChI is InChI=1S/C13H22N2O/c1-5-15-9-12(14-3)11-6-7-13(16-4)10(2)8-11/h6-8,12,14-15H,5,9H2,1-4H3. The van der Waals surface area contributed by atoms with Gasteiger partial charge in [-0.3, -0.25) is 0 Å². The largest absolute Gasteiger partial charge is 0.496 e. The molecule has 0 fully saturated rings. The van der Waals surface area contributed by atoms with Crippen LogP contribution in [0.2, 0.25) is 0 Å². The number of hydrogen-bond acceptors (Lipinski definition) is 3. The molecule has 1 rings (SSSR count). The highest BCUT2D eigenvalue weighted by molar-refractivity contribution is 5.37. The zero-order valence-electron chi connectivity index (χ0n) is 10.6. The first kappa shape index (κ1) is 13.0. The fourth-order valence-corrected chi connectivity index (χ4v) is 1.79. The Bertz CT molecular complexity index is 326. The quantitative estimate of drug-likeness (QED) is 0.771. The van der Waals surface area contributed by atoms with Crippen molar-refractivity contribution in [1.29, 1.82) is 0 Å². The third-order valence-electron chi connectivity index (χ3n) is 2.77. The van der Waals surface area contributed by atoms with E-state index in [4.69, 9.17) is 4.74 Å². The summed E-state index contributed by atoms with van der Waals surface area (Å²) in [4.78, 5) is 0. The summed E-state index contributed by atoms with van der Waals surface area (Å²) in [6, 6.07) is 6.67. The molecule has 0 spiro atoms. The normalized spacial score (nSPS) is 12.5. The highest BCUT2D eigenvalue weighted by Gasteiger charge is 2.09. The summed E-state index contributed by atoms with van der Waals surface area (Å²) >= 11 is 0. The molecule has 0 saturated carbocycles. The second-order valence-corrected chi connectivity index (χ2v) is 3.88. The van der Waals surface area contributed by atoms with E-state index in [0.717, 1.165) is 18.8 Å². The summed E-state index contributed by atoms with van der Waals surface area (Å²) in [5.74, 6) is 0.946. The van der Waals surface area contributed by atoms with Crippen molar-refractivity contribution in [3.63, 3.8) is 0 Å². The Morgan fingerprint density at radius 2 is 2.12 bits per heavy atom. The molecule has 3 nitrogen and oxygen atoms in total. The van der Waals surface area contributed by atoms with E-state index in [2.05, 4.69) is 36.6 Å². The second kappa shape index (κ2) is 6.51. The van der Waals surface area contributed by atoms with E-state index >= 15 is 0 Å². The Morgan fingerprint density at radius 1 is 1.38 bits per heavy atom. The molecule has 0 saturated heterocycles. The van der Waals surface area contributed by atoms with Crippen molar-refractivity contribution in [2.24, 2.45) is 0 Å². The van der Waals surface area contributed by atoms with Gasteiger partial charge in [-0.15, -0.1) is 0 Å². The van der Waals surface area contributed by atoms with Crippen molar-refractivity contribution >= 4 is 0 Å². The van der Waals surface area contributed by atoms with Crippen LogP contribution >= 0.6 is 0 Å². The van der Waals surface area contributed by atoms with Gasteiger partial charge < -0.3 is 15.4 Å². The Morgan fingerprint density at radius 3 is 2.62 bits per heavy atom. The van der Waals surface area contributed by atoms with Crippen molar-refractivity contribution in [3.05, 3.63) is 29.3 Å². The number of benzene rings is 1. The van der Waals surface area contributed by atoms with Gasteiger partial charge in [0, 0.05) is 12.6 Å². The number of aryl methyl sites for hydroxylation is 1. The lowest BCUT2D eigenvalue weighted by atomic mass is 10.0. The van der Waals surface area contributed by atoms with E-state index in [9.17, 15) is 0 Å². The first-order valence-corrected chi connectivity index (χ1v) is 5.75. The Hall–Kier alpha value is -1.06. The van der Waals surface area contributed by atoms with Crippen LogP contribution in [0.25, 0.3) is 0 Å². The van der Waals surface area contributed by atoms with Gasteiger partial charge in [-0.2, -0.15) is 0 Å². The molecule has 3 heteroatoms. The van der Waals surface area contributed by atoms with E-state index in [1.54, 1.807) is 7.11 Å². The van der Waals surface area contributed by atoms with Crippen LogP contribution in [0.5, 0.6) is 5.75 Å². The Kier molecular flexibility index (Phi) is 5.29. The van der Waals surface area contributed by atoms with Gasteiger partial charge in [0.05, 0.1) is 7.11 Å². The van der Waals surface area contributed by atoms with Gasteiger partial charge in [0.1, 0.15) is 5.75 Å². The summed E-state index contributed by atoms with van der Waals surface area (Å²) in [5, 5.41) is 6.67. The van der Waals surface area contributed by atoms with E-state index in [1.807, 2.05) is 13.1 Å². The van der Waals surface area contributed by atoms with E-state index in [-0.39, 0.29) is 0 Å². The van der Waals surface area contributed by atoms with Gasteiger partial charge in [-0.1, -0.05) is 19.1 Å². The molecule has 0 aliphatic rings. The molecule has 1 aromatic rings. The van der Waals surface area contributed by atoms with E-state index < -0.39 is 0 Å². The fraction of sp³-hybridized carbons (Fsp3) is 0.538. The SMILES string of the molecule is CCNCC(NC)c1ccc(OC)c(C)c1. The maximum Gasteiger partial charge on any atom is 0.121 e. The predicted molar refractivity (Wildman–Crippen MR) is 68.1 cm³/mol. The number of likely N-dealkylation sites (N-methyl/N-ethyl adjacent to an activating group) is 2. The Balaban J connectivity index is 2.80. The minimum Gasteiger partial charge on any atom is -0.496 e. The van der Waals surface area contributed by atoms with Crippen LogP contribution in [0.15, 0.2) is 18.2 Å². The lowest BCUT2D eigenvalue weighted by Crippen LogP contribution is -2.29. The highest BCUT2D eigenvalue weighted by atomic mass is 16.5. The molecule has 1 unspecified atom stereocenters. The summed E-state index contributed by atoms with van der Waals surface area (Å²) in [5.41, 5.74) is 2.47. The molecule has 0 aromatic heterocycles. The molecular formula is C13H22N2O. The monoisotopic (exact) mass is 222 g/mol. The number of rotatable bonds is 6. The molecule has 16 heavy (non-hydrogen) atoms. The average Bonchev–Trinajstić information content (AvgIpc) is 2.30. The third kappa shape index (κ3) is 3.22. The van der Waals surface area contributed by atoms with E-state index in [0.29, 0.717) is 6.04 Å². The number of nitrogens with one attached hydrogen (secondary N) is 2. The van der Waals surface area contributed by atoms with Crippen LogP contribution in [-0.2, 0) is 0 Å². The fourth-order valence-electron chi connectivity index (χ4n) is 1.79. The first-order chi connectivity index (χ1) is 7.72. The van der Waals surface area contributed by atoms with E-state index in [1.165, 1.54) is 11.1 Å². The summed E-state index contributed by atoms with van der Waals surface area (Å²) in [7, 11) is 3.69. The molecule has 0 heterocycles. The van der Waals surface area contributed by atoms with Crippen LogP contribution < -0.4 is 15.4 Å². The van der Waals surface area contributed by atoms with Crippen molar-refractivity contribution in [1.82, 2.24) is 10.6 Å². The van der Waals surface area contributed by atoms with Crippen LogP contribution in [0, 0.1) is 6.92 Å². The molecule has 0 bridgehead atoms. The molecule has 1 atom stereocenters. The van der Waals surface area contributed by atoms with Crippen LogP contribution in [0.4, 0.5) is 0 Å². The molecule has 90 valence electrons. The topological polar surface area (TPSA) is 33.3 Å². The molecule has 1 aromatic carbocycles. The minimum absolute atomic E-state index is 0.351. The summed E-state index contributed by atoms with van der Waals surface area (Å²) < 4.78 is 5.26. The lowest BCUT2D eigenvalue weighted by Gasteiger charge is -2.18. The van der Waals surface area contributed by atoms with Crippen molar-refractivity contribution in [2.75, 3.05) is 27.2 Å². The van der Waals surface area contributed by atoms with Crippen molar-refractivity contribution in [3.8, 4) is 5.75 Å². The van der Waals surface area contributed by atoms with Crippen molar-refractivity contribution < 1.29 is 4.74 Å². The average molecular weight is 222 g/mol. The maximum absolute atomic E-state index is 5.26. The maximum atomic E-state index is 5.26. The number of hydrogen-bond donors (Lipinski definition) is 2. The van der Waals surface area contributed by atoms with Gasteiger partial charge in [0.2, 0.25) is 0 Å². The first-order valence-electron chi connectivity index (χ1n) is 5.75. The Labute approximate surface area is 98.2 Å². The van der Waals surface area contributed by atoms with Crippen LogP contribution in [0.3, 0.4) is 0 Å². The van der Waals surface area contributed by atoms with Gasteiger partial charge in [-0.05, 0) is 37.7 Å². The highest BCUT2D eigenvalue weighted by Crippen LogP contribution is 2.22. The van der Waals surface area contributed by atoms with Crippen LogP contribution in [0.1, 0.15) is 24.1 Å².